The topological polar surface area (TPSA) is 112 Å². The van der Waals surface area contributed by atoms with Crippen molar-refractivity contribution in [1.82, 2.24) is 5.32 Å². The molecule has 0 unspecified atom stereocenters. The van der Waals surface area contributed by atoms with Crippen molar-refractivity contribution in [3.8, 4) is 17.2 Å². The zero-order valence-electron chi connectivity index (χ0n) is 21.7. The maximum absolute atomic E-state index is 12.4. The van der Waals surface area contributed by atoms with Crippen molar-refractivity contribution in [3.63, 3.8) is 0 Å². The number of benzene rings is 3. The zero-order chi connectivity index (χ0) is 27.3. The molecule has 3 aromatic rings. The van der Waals surface area contributed by atoms with Crippen LogP contribution in [0.25, 0.3) is 0 Å². The fourth-order valence-electron chi connectivity index (χ4n) is 3.53. The van der Waals surface area contributed by atoms with E-state index in [4.69, 9.17) is 18.9 Å². The fourth-order valence-corrected chi connectivity index (χ4v) is 3.53. The van der Waals surface area contributed by atoms with Crippen LogP contribution < -0.4 is 24.8 Å². The van der Waals surface area contributed by atoms with Crippen molar-refractivity contribution in [1.29, 1.82) is 0 Å². The molecular weight excluding hydrogens is 488 g/mol. The van der Waals surface area contributed by atoms with E-state index < -0.39 is 6.16 Å². The van der Waals surface area contributed by atoms with Gasteiger partial charge >= 0.3 is 6.16 Å². The van der Waals surface area contributed by atoms with Gasteiger partial charge in [0.15, 0.2) is 11.5 Å². The minimum absolute atomic E-state index is 0.103. The maximum atomic E-state index is 12.4. The molecule has 0 aromatic heterocycles. The quantitative estimate of drug-likeness (QED) is 0.251. The number of methoxy groups -OCH3 is 1. The Hall–Kier alpha value is -4.53. The van der Waals surface area contributed by atoms with E-state index >= 15 is 0 Å². The number of anilines is 1. The summed E-state index contributed by atoms with van der Waals surface area (Å²) < 4.78 is 20.6. The lowest BCUT2D eigenvalue weighted by Gasteiger charge is -2.11. The number of amides is 2. The van der Waals surface area contributed by atoms with Crippen molar-refractivity contribution in [2.24, 2.45) is 0 Å². The second-order valence-corrected chi connectivity index (χ2v) is 8.16. The Kier molecular flexibility index (Phi) is 10.5. The fraction of sp³-hybridized carbons (Fsp3) is 0.276. The third-order valence-electron chi connectivity index (χ3n) is 5.44. The largest absolute Gasteiger partial charge is 0.513 e. The highest BCUT2D eigenvalue weighted by molar-refractivity contribution is 5.94. The molecule has 0 heterocycles. The number of nitrogens with one attached hydrogen (secondary N) is 2. The van der Waals surface area contributed by atoms with Crippen LogP contribution in [-0.4, -0.2) is 38.3 Å². The van der Waals surface area contributed by atoms with Crippen LogP contribution in [0.5, 0.6) is 17.2 Å². The predicted molar refractivity (Wildman–Crippen MR) is 143 cm³/mol. The van der Waals surface area contributed by atoms with Crippen molar-refractivity contribution < 1.29 is 33.3 Å². The van der Waals surface area contributed by atoms with E-state index in [1.807, 2.05) is 37.3 Å². The molecule has 0 spiro atoms. The number of hydrogen-bond donors (Lipinski definition) is 2. The number of ether oxygens (including phenoxy) is 4. The number of carbonyl (C=O) groups is 3. The lowest BCUT2D eigenvalue weighted by molar-refractivity contribution is -0.116. The summed E-state index contributed by atoms with van der Waals surface area (Å²) in [6, 6.07) is 19.1. The highest BCUT2D eigenvalue weighted by Crippen LogP contribution is 2.28. The molecule has 0 fully saturated rings. The van der Waals surface area contributed by atoms with Gasteiger partial charge in [-0.1, -0.05) is 18.2 Å². The predicted octanol–water partition coefficient (Wildman–Crippen LogP) is 5.13. The number of aryl methyl sites for hydroxylation is 1. The Balaban J connectivity index is 1.44. The molecule has 2 N–H and O–H groups in total. The van der Waals surface area contributed by atoms with E-state index in [0.29, 0.717) is 48.7 Å². The molecule has 3 aromatic carbocycles. The van der Waals surface area contributed by atoms with Crippen LogP contribution in [0.2, 0.25) is 0 Å². The summed E-state index contributed by atoms with van der Waals surface area (Å²) in [4.78, 5) is 36.2. The number of carbonyl (C=O) groups excluding carboxylic acids is 3. The van der Waals surface area contributed by atoms with E-state index in [1.165, 1.54) is 12.1 Å². The average Bonchev–Trinajstić information content (AvgIpc) is 2.92. The minimum Gasteiger partial charge on any atom is -0.493 e. The monoisotopic (exact) mass is 520 g/mol. The smallest absolute Gasteiger partial charge is 0.493 e. The molecule has 0 aliphatic heterocycles. The summed E-state index contributed by atoms with van der Waals surface area (Å²) in [5.41, 5.74) is 2.95. The van der Waals surface area contributed by atoms with Gasteiger partial charge in [-0.05, 0) is 79.9 Å². The summed E-state index contributed by atoms with van der Waals surface area (Å²) in [5, 5.41) is 5.73. The molecule has 9 heteroatoms. The summed E-state index contributed by atoms with van der Waals surface area (Å²) in [6.07, 6.45) is 0.0883. The van der Waals surface area contributed by atoms with Crippen LogP contribution in [0.15, 0.2) is 66.7 Å². The van der Waals surface area contributed by atoms with Crippen LogP contribution in [0.1, 0.15) is 41.8 Å². The summed E-state index contributed by atoms with van der Waals surface area (Å²) in [7, 11) is 1.59. The van der Waals surface area contributed by atoms with Crippen molar-refractivity contribution in [2.45, 2.75) is 33.2 Å². The Morgan fingerprint density at radius 2 is 1.53 bits per heavy atom. The van der Waals surface area contributed by atoms with Crippen LogP contribution in [0.3, 0.4) is 0 Å². The lowest BCUT2D eigenvalue weighted by Crippen LogP contribution is -2.22. The summed E-state index contributed by atoms with van der Waals surface area (Å²) >= 11 is 0. The van der Waals surface area contributed by atoms with E-state index in [2.05, 4.69) is 10.6 Å². The van der Waals surface area contributed by atoms with Crippen molar-refractivity contribution >= 4 is 23.7 Å². The van der Waals surface area contributed by atoms with E-state index in [0.717, 1.165) is 11.1 Å². The average molecular weight is 521 g/mol. The standard InChI is InChI=1S/C29H32N2O7/c1-4-36-25-16-8-20(18-26(25)35-3)9-17-27(32)31-23-12-6-21(7-13-23)19-30-28(33)22-10-14-24(15-11-22)38-29(34)37-5-2/h6-8,10-16,18H,4-5,9,17,19H2,1-3H3,(H,30,33)(H,31,32). The first-order chi connectivity index (χ1) is 18.4. The highest BCUT2D eigenvalue weighted by Gasteiger charge is 2.10. The van der Waals surface area contributed by atoms with Crippen LogP contribution in [0.4, 0.5) is 10.5 Å². The molecule has 0 saturated carbocycles. The van der Waals surface area contributed by atoms with Gasteiger partial charge in [-0.25, -0.2) is 4.79 Å². The van der Waals surface area contributed by atoms with Crippen molar-refractivity contribution in [2.75, 3.05) is 25.6 Å². The second kappa shape index (κ2) is 14.3. The van der Waals surface area contributed by atoms with Gasteiger partial charge in [0.05, 0.1) is 20.3 Å². The Bertz CT molecular complexity index is 1220. The summed E-state index contributed by atoms with van der Waals surface area (Å²) in [6.45, 7) is 4.67. The second-order valence-electron chi connectivity index (χ2n) is 8.16. The van der Waals surface area contributed by atoms with Crippen molar-refractivity contribution in [3.05, 3.63) is 83.4 Å². The van der Waals surface area contributed by atoms with Crippen LogP contribution in [-0.2, 0) is 22.5 Å². The first-order valence-corrected chi connectivity index (χ1v) is 12.3. The van der Waals surface area contributed by atoms with Gasteiger partial charge in [0.2, 0.25) is 5.91 Å². The van der Waals surface area contributed by atoms with E-state index in [-0.39, 0.29) is 24.2 Å². The number of hydrogen-bond acceptors (Lipinski definition) is 7. The molecule has 0 saturated heterocycles. The zero-order valence-corrected chi connectivity index (χ0v) is 21.7. The van der Waals surface area contributed by atoms with Crippen LogP contribution in [0, 0.1) is 0 Å². The Morgan fingerprint density at radius 1 is 0.816 bits per heavy atom. The highest BCUT2D eigenvalue weighted by atomic mass is 16.7. The Morgan fingerprint density at radius 3 is 2.18 bits per heavy atom. The Labute approximate surface area is 222 Å². The normalized spacial score (nSPS) is 10.3. The molecular formula is C29H32N2O7. The van der Waals surface area contributed by atoms with Gasteiger partial charge in [-0.15, -0.1) is 0 Å². The van der Waals surface area contributed by atoms with Gasteiger partial charge in [0.1, 0.15) is 5.75 Å². The minimum atomic E-state index is -0.794. The molecule has 2 amide bonds. The lowest BCUT2D eigenvalue weighted by atomic mass is 10.1. The molecule has 0 radical (unpaired) electrons. The van der Waals surface area contributed by atoms with E-state index in [1.54, 1.807) is 38.3 Å². The third kappa shape index (κ3) is 8.55. The van der Waals surface area contributed by atoms with Crippen LogP contribution >= 0.6 is 0 Å². The van der Waals surface area contributed by atoms with Gasteiger partial charge < -0.3 is 29.6 Å². The first-order valence-electron chi connectivity index (χ1n) is 12.3. The molecule has 0 aliphatic carbocycles. The SMILES string of the molecule is CCOC(=O)Oc1ccc(C(=O)NCc2ccc(NC(=O)CCc3ccc(OCC)c(OC)c3)cc2)cc1. The van der Waals surface area contributed by atoms with Gasteiger partial charge in [0.25, 0.3) is 5.91 Å². The van der Waals surface area contributed by atoms with Gasteiger partial charge in [-0.2, -0.15) is 0 Å². The molecule has 0 bridgehead atoms. The molecule has 0 atom stereocenters. The molecule has 3 rings (SSSR count). The molecule has 9 nitrogen and oxygen atoms in total. The first kappa shape index (κ1) is 28.0. The third-order valence-corrected chi connectivity index (χ3v) is 5.44. The molecule has 0 aliphatic rings. The summed E-state index contributed by atoms with van der Waals surface area (Å²) in [5.74, 6) is 1.24. The van der Waals surface area contributed by atoms with E-state index in [9.17, 15) is 14.4 Å². The van der Waals surface area contributed by atoms with Gasteiger partial charge in [0, 0.05) is 24.2 Å². The molecule has 38 heavy (non-hydrogen) atoms. The maximum Gasteiger partial charge on any atom is 0.513 e. The molecule has 200 valence electrons. The number of rotatable bonds is 12. The van der Waals surface area contributed by atoms with Gasteiger partial charge in [-0.3, -0.25) is 9.59 Å².